The maximum atomic E-state index is 8.89. The van der Waals surface area contributed by atoms with Gasteiger partial charge in [-0.1, -0.05) is 0 Å². The number of nitrogens with one attached hydrogen (secondary N) is 1. The fourth-order valence-corrected chi connectivity index (χ4v) is 1.11. The van der Waals surface area contributed by atoms with Crippen LogP contribution in [-0.2, 0) is 0 Å². The molecular formula is C12H18N4. The van der Waals surface area contributed by atoms with Crippen LogP contribution in [0, 0.1) is 11.3 Å². The Morgan fingerprint density at radius 2 is 2.19 bits per heavy atom. The van der Waals surface area contributed by atoms with Crippen molar-refractivity contribution < 1.29 is 0 Å². The third-order valence-electron chi connectivity index (χ3n) is 2.84. The lowest BCUT2D eigenvalue weighted by Crippen LogP contribution is -2.44. The predicted octanol–water partition coefficient (Wildman–Crippen LogP) is 1.71. The van der Waals surface area contributed by atoms with E-state index >= 15 is 0 Å². The number of nitrogens with zero attached hydrogens (tertiary/aromatic N) is 3. The standard InChI is InChI=1S/C12H18N4/c1-12(2,16(3)4)9-15-10-6-5-7-14-11(10)8-13/h5-7,15H,9H2,1-4H3. The Labute approximate surface area is 96.9 Å². The van der Waals surface area contributed by atoms with Crippen molar-refractivity contribution >= 4 is 5.69 Å². The monoisotopic (exact) mass is 218 g/mol. The molecule has 4 nitrogen and oxygen atoms in total. The van der Waals surface area contributed by atoms with Crippen molar-refractivity contribution in [2.45, 2.75) is 19.4 Å². The molecule has 0 radical (unpaired) electrons. The molecule has 1 rings (SSSR count). The van der Waals surface area contributed by atoms with Gasteiger partial charge in [0, 0.05) is 18.3 Å². The van der Waals surface area contributed by atoms with Gasteiger partial charge in [-0.2, -0.15) is 5.26 Å². The van der Waals surface area contributed by atoms with E-state index in [9.17, 15) is 0 Å². The van der Waals surface area contributed by atoms with Gasteiger partial charge < -0.3 is 10.2 Å². The van der Waals surface area contributed by atoms with Crippen molar-refractivity contribution in [3.63, 3.8) is 0 Å². The summed E-state index contributed by atoms with van der Waals surface area (Å²) in [6.45, 7) is 5.05. The molecule has 0 unspecified atom stereocenters. The summed E-state index contributed by atoms with van der Waals surface area (Å²) in [6.07, 6.45) is 1.63. The summed E-state index contributed by atoms with van der Waals surface area (Å²) >= 11 is 0. The number of anilines is 1. The van der Waals surface area contributed by atoms with E-state index in [1.54, 1.807) is 6.20 Å². The number of hydrogen-bond acceptors (Lipinski definition) is 4. The van der Waals surface area contributed by atoms with Crippen LogP contribution in [0.15, 0.2) is 18.3 Å². The second kappa shape index (κ2) is 4.95. The van der Waals surface area contributed by atoms with Crippen LogP contribution in [0.5, 0.6) is 0 Å². The van der Waals surface area contributed by atoms with Gasteiger partial charge in [0.1, 0.15) is 6.07 Å². The summed E-state index contributed by atoms with van der Waals surface area (Å²) in [7, 11) is 4.08. The minimum atomic E-state index is 0.0303. The van der Waals surface area contributed by atoms with Gasteiger partial charge in [-0.15, -0.1) is 0 Å². The van der Waals surface area contributed by atoms with Crippen LogP contribution in [0.25, 0.3) is 0 Å². The number of aromatic nitrogens is 1. The molecule has 0 amide bonds. The van der Waals surface area contributed by atoms with Crippen LogP contribution in [0.3, 0.4) is 0 Å². The van der Waals surface area contributed by atoms with E-state index in [1.807, 2.05) is 26.2 Å². The van der Waals surface area contributed by atoms with Crippen LogP contribution in [0.2, 0.25) is 0 Å². The highest BCUT2D eigenvalue weighted by molar-refractivity contribution is 5.53. The lowest BCUT2D eigenvalue weighted by atomic mass is 10.0. The minimum Gasteiger partial charge on any atom is -0.381 e. The molecule has 16 heavy (non-hydrogen) atoms. The van der Waals surface area contributed by atoms with Crippen LogP contribution < -0.4 is 5.32 Å². The molecule has 0 bridgehead atoms. The van der Waals surface area contributed by atoms with E-state index in [1.165, 1.54) is 0 Å². The van der Waals surface area contributed by atoms with Gasteiger partial charge in [-0.25, -0.2) is 4.98 Å². The molecule has 86 valence electrons. The molecule has 0 saturated heterocycles. The summed E-state index contributed by atoms with van der Waals surface area (Å²) in [5.74, 6) is 0. The second-order valence-electron chi connectivity index (χ2n) is 4.57. The molecule has 1 N–H and O–H groups in total. The molecule has 1 aromatic heterocycles. The normalized spacial score (nSPS) is 11.2. The van der Waals surface area contributed by atoms with Gasteiger partial charge in [0.25, 0.3) is 0 Å². The topological polar surface area (TPSA) is 52.0 Å². The molecule has 4 heteroatoms. The first-order valence-electron chi connectivity index (χ1n) is 5.24. The zero-order chi connectivity index (χ0) is 12.2. The van der Waals surface area contributed by atoms with Crippen molar-refractivity contribution in [3.05, 3.63) is 24.0 Å². The first kappa shape index (κ1) is 12.5. The van der Waals surface area contributed by atoms with E-state index in [2.05, 4.69) is 35.1 Å². The number of nitriles is 1. The zero-order valence-corrected chi connectivity index (χ0v) is 10.3. The highest BCUT2D eigenvalue weighted by Gasteiger charge is 2.20. The highest BCUT2D eigenvalue weighted by atomic mass is 15.2. The Hall–Kier alpha value is -1.60. The molecule has 0 spiro atoms. The summed E-state index contributed by atoms with van der Waals surface area (Å²) in [5.41, 5.74) is 1.26. The quantitative estimate of drug-likeness (QED) is 0.835. The number of rotatable bonds is 4. The largest absolute Gasteiger partial charge is 0.381 e. The fourth-order valence-electron chi connectivity index (χ4n) is 1.11. The minimum absolute atomic E-state index is 0.0303. The summed E-state index contributed by atoms with van der Waals surface area (Å²) in [6, 6.07) is 5.77. The molecule has 0 aliphatic rings. The van der Waals surface area contributed by atoms with Crippen LogP contribution in [-0.4, -0.2) is 36.1 Å². The lowest BCUT2D eigenvalue weighted by Gasteiger charge is -2.33. The third-order valence-corrected chi connectivity index (χ3v) is 2.84. The Morgan fingerprint density at radius 1 is 1.50 bits per heavy atom. The molecule has 1 aromatic rings. The maximum absolute atomic E-state index is 8.89. The van der Waals surface area contributed by atoms with E-state index in [-0.39, 0.29) is 5.54 Å². The van der Waals surface area contributed by atoms with E-state index < -0.39 is 0 Å². The van der Waals surface area contributed by atoms with Crippen LogP contribution in [0.4, 0.5) is 5.69 Å². The molecular weight excluding hydrogens is 200 g/mol. The van der Waals surface area contributed by atoms with Crippen molar-refractivity contribution in [3.8, 4) is 6.07 Å². The Morgan fingerprint density at radius 3 is 2.75 bits per heavy atom. The smallest absolute Gasteiger partial charge is 0.163 e. The van der Waals surface area contributed by atoms with E-state index in [4.69, 9.17) is 5.26 Å². The van der Waals surface area contributed by atoms with Gasteiger partial charge >= 0.3 is 0 Å². The van der Waals surface area contributed by atoms with Crippen molar-refractivity contribution in [2.24, 2.45) is 0 Å². The van der Waals surface area contributed by atoms with Gasteiger partial charge in [0.15, 0.2) is 5.69 Å². The molecule has 0 aliphatic heterocycles. The Bertz CT molecular complexity index is 390. The Kier molecular flexibility index (Phi) is 3.86. The fraction of sp³-hybridized carbons (Fsp3) is 0.500. The highest BCUT2D eigenvalue weighted by Crippen LogP contribution is 2.15. The van der Waals surface area contributed by atoms with Gasteiger partial charge in [-0.05, 0) is 40.1 Å². The number of pyridine rings is 1. The first-order chi connectivity index (χ1) is 7.47. The average molecular weight is 218 g/mol. The predicted molar refractivity (Wildman–Crippen MR) is 65.2 cm³/mol. The van der Waals surface area contributed by atoms with Gasteiger partial charge in [0.2, 0.25) is 0 Å². The van der Waals surface area contributed by atoms with E-state index in [0.29, 0.717) is 5.69 Å². The third kappa shape index (κ3) is 2.94. The Balaban J connectivity index is 2.72. The van der Waals surface area contributed by atoms with Crippen molar-refractivity contribution in [2.75, 3.05) is 26.0 Å². The van der Waals surface area contributed by atoms with Crippen molar-refractivity contribution in [1.29, 1.82) is 5.26 Å². The molecule has 0 atom stereocenters. The lowest BCUT2D eigenvalue weighted by molar-refractivity contribution is 0.210. The summed E-state index contributed by atoms with van der Waals surface area (Å²) in [4.78, 5) is 6.15. The second-order valence-corrected chi connectivity index (χ2v) is 4.57. The zero-order valence-electron chi connectivity index (χ0n) is 10.3. The van der Waals surface area contributed by atoms with Crippen LogP contribution >= 0.6 is 0 Å². The molecule has 1 heterocycles. The van der Waals surface area contributed by atoms with Crippen molar-refractivity contribution in [1.82, 2.24) is 9.88 Å². The van der Waals surface area contributed by atoms with Gasteiger partial charge in [0.05, 0.1) is 5.69 Å². The molecule has 0 fully saturated rings. The molecule has 0 aromatic carbocycles. The SMILES string of the molecule is CN(C)C(C)(C)CNc1cccnc1C#N. The summed E-state index contributed by atoms with van der Waals surface area (Å²) in [5, 5.41) is 12.2. The number of likely N-dealkylation sites (N-methyl/N-ethyl adjacent to an activating group) is 1. The number of hydrogen-bond donors (Lipinski definition) is 1. The summed E-state index contributed by atoms with van der Waals surface area (Å²) < 4.78 is 0. The van der Waals surface area contributed by atoms with Gasteiger partial charge in [-0.3, -0.25) is 0 Å². The molecule has 0 saturated carbocycles. The first-order valence-corrected chi connectivity index (χ1v) is 5.24. The van der Waals surface area contributed by atoms with Crippen LogP contribution in [0.1, 0.15) is 19.5 Å². The average Bonchev–Trinajstić information content (AvgIpc) is 2.26. The maximum Gasteiger partial charge on any atom is 0.163 e. The van der Waals surface area contributed by atoms with E-state index in [0.717, 1.165) is 12.2 Å². The molecule has 0 aliphatic carbocycles.